The molecule has 2 amide bonds. The molecule has 0 unspecified atom stereocenters. The number of pyridine rings is 1. The zero-order chi connectivity index (χ0) is 22.1. The molecule has 3 rings (SSSR count). The summed E-state index contributed by atoms with van der Waals surface area (Å²) in [7, 11) is 0. The van der Waals surface area contributed by atoms with E-state index in [1.54, 1.807) is 0 Å². The standard InChI is InChI=1S/C23H32N6O2/c1-2-3-11-19-28-21-22(17-9-4-5-10-18(17)27-23(21)24)29(19)15-7-6-14-26-20(31)12-8-13-25-16-30/h4-5,9-10,16H,2-3,6-8,11-15H2,1H3,(H2,24,27)(H,25,30)(H,26,31). The summed E-state index contributed by atoms with van der Waals surface area (Å²) < 4.78 is 2.29. The number of unbranched alkanes of at least 4 members (excludes halogenated alkanes) is 2. The number of nitrogens with zero attached hydrogens (tertiary/aromatic N) is 3. The maximum atomic E-state index is 11.9. The Hall–Kier alpha value is -3.16. The maximum absolute atomic E-state index is 11.9. The van der Waals surface area contributed by atoms with Crippen LogP contribution in [-0.4, -0.2) is 39.9 Å². The van der Waals surface area contributed by atoms with Gasteiger partial charge in [0.25, 0.3) is 0 Å². The summed E-state index contributed by atoms with van der Waals surface area (Å²) in [6.45, 7) is 4.16. The van der Waals surface area contributed by atoms with Crippen molar-refractivity contribution in [3.05, 3.63) is 30.1 Å². The van der Waals surface area contributed by atoms with Crippen molar-refractivity contribution >= 4 is 40.1 Å². The number of amides is 2. The van der Waals surface area contributed by atoms with Crippen LogP contribution in [0.15, 0.2) is 24.3 Å². The molecule has 0 atom stereocenters. The summed E-state index contributed by atoms with van der Waals surface area (Å²) >= 11 is 0. The Balaban J connectivity index is 1.67. The highest BCUT2D eigenvalue weighted by molar-refractivity contribution is 6.06. The minimum Gasteiger partial charge on any atom is -0.382 e. The van der Waals surface area contributed by atoms with Gasteiger partial charge >= 0.3 is 0 Å². The SMILES string of the molecule is CCCCc1nc2c(N)nc3ccccc3c2n1CCCCNC(=O)CCCNC=O. The van der Waals surface area contributed by atoms with Crippen molar-refractivity contribution in [3.63, 3.8) is 0 Å². The van der Waals surface area contributed by atoms with Crippen LogP contribution < -0.4 is 16.4 Å². The van der Waals surface area contributed by atoms with Crippen molar-refractivity contribution in [2.75, 3.05) is 18.8 Å². The highest BCUT2D eigenvalue weighted by Gasteiger charge is 2.16. The normalized spacial score (nSPS) is 11.1. The number of nitrogens with two attached hydrogens (primary N) is 1. The number of nitrogens with one attached hydrogen (secondary N) is 2. The van der Waals surface area contributed by atoms with Crippen molar-refractivity contribution in [2.45, 2.75) is 58.4 Å². The summed E-state index contributed by atoms with van der Waals surface area (Å²) in [5, 5.41) is 6.59. The number of nitrogen functional groups attached to an aromatic ring is 1. The smallest absolute Gasteiger partial charge is 0.220 e. The first-order valence-electron chi connectivity index (χ1n) is 11.1. The Bertz CT molecular complexity index is 1030. The molecule has 0 radical (unpaired) electrons. The molecule has 2 heterocycles. The fraction of sp³-hybridized carbons (Fsp3) is 0.478. The summed E-state index contributed by atoms with van der Waals surface area (Å²) in [5.41, 5.74) is 8.96. The van der Waals surface area contributed by atoms with Crippen molar-refractivity contribution in [1.82, 2.24) is 25.2 Å². The van der Waals surface area contributed by atoms with Gasteiger partial charge in [0.1, 0.15) is 11.3 Å². The van der Waals surface area contributed by atoms with Gasteiger partial charge in [0.05, 0.1) is 11.0 Å². The second-order valence-corrected chi connectivity index (χ2v) is 7.73. The van der Waals surface area contributed by atoms with Crippen LogP contribution in [-0.2, 0) is 22.6 Å². The minimum absolute atomic E-state index is 0.0225. The van der Waals surface area contributed by atoms with E-state index in [9.17, 15) is 9.59 Å². The number of carbonyl (C=O) groups excluding carboxylic acids is 2. The lowest BCUT2D eigenvalue weighted by atomic mass is 10.2. The van der Waals surface area contributed by atoms with Gasteiger partial charge in [0, 0.05) is 37.9 Å². The van der Waals surface area contributed by atoms with Crippen LogP contribution in [0.3, 0.4) is 0 Å². The maximum Gasteiger partial charge on any atom is 0.220 e. The van der Waals surface area contributed by atoms with Gasteiger partial charge in [-0.25, -0.2) is 9.97 Å². The third-order valence-corrected chi connectivity index (χ3v) is 5.38. The molecule has 8 heteroatoms. The Morgan fingerprint density at radius 1 is 1.13 bits per heavy atom. The molecule has 8 nitrogen and oxygen atoms in total. The quantitative estimate of drug-likeness (QED) is 0.288. The van der Waals surface area contributed by atoms with Gasteiger partial charge in [-0.15, -0.1) is 0 Å². The number of fused-ring (bicyclic) bond motifs is 3. The largest absolute Gasteiger partial charge is 0.382 e. The fourth-order valence-electron chi connectivity index (χ4n) is 3.79. The highest BCUT2D eigenvalue weighted by atomic mass is 16.1. The number of hydrogen-bond donors (Lipinski definition) is 3. The van der Waals surface area contributed by atoms with Gasteiger partial charge in [0.2, 0.25) is 12.3 Å². The predicted molar refractivity (Wildman–Crippen MR) is 124 cm³/mol. The van der Waals surface area contributed by atoms with Crippen molar-refractivity contribution < 1.29 is 9.59 Å². The molecule has 0 aliphatic rings. The number of aryl methyl sites for hydroxylation is 2. The zero-order valence-corrected chi connectivity index (χ0v) is 18.2. The Morgan fingerprint density at radius 2 is 1.97 bits per heavy atom. The van der Waals surface area contributed by atoms with Crippen LogP contribution >= 0.6 is 0 Å². The number of imidazole rings is 1. The molecule has 0 aliphatic heterocycles. The predicted octanol–water partition coefficient (Wildman–Crippen LogP) is 2.93. The fourth-order valence-corrected chi connectivity index (χ4v) is 3.79. The Kier molecular flexibility index (Phi) is 8.20. The molecule has 0 fully saturated rings. The second-order valence-electron chi connectivity index (χ2n) is 7.73. The van der Waals surface area contributed by atoms with E-state index >= 15 is 0 Å². The summed E-state index contributed by atoms with van der Waals surface area (Å²) in [6.07, 6.45) is 6.61. The molecule has 4 N–H and O–H groups in total. The second kappa shape index (κ2) is 11.3. The number of rotatable bonds is 13. The van der Waals surface area contributed by atoms with Crippen molar-refractivity contribution in [1.29, 1.82) is 0 Å². The zero-order valence-electron chi connectivity index (χ0n) is 18.2. The Labute approximate surface area is 182 Å². The van der Waals surface area contributed by atoms with Crippen LogP contribution in [0.4, 0.5) is 5.82 Å². The van der Waals surface area contributed by atoms with Crippen LogP contribution in [0.5, 0.6) is 0 Å². The van der Waals surface area contributed by atoms with Gasteiger partial charge in [-0.1, -0.05) is 31.5 Å². The number of carbonyl (C=O) groups is 2. The average molecular weight is 425 g/mol. The summed E-state index contributed by atoms with van der Waals surface area (Å²) in [6, 6.07) is 8.04. The molecule has 0 saturated heterocycles. The summed E-state index contributed by atoms with van der Waals surface area (Å²) in [5.74, 6) is 1.55. The third kappa shape index (κ3) is 5.71. The first kappa shape index (κ1) is 22.5. The van der Waals surface area contributed by atoms with E-state index in [1.807, 2.05) is 18.2 Å². The van der Waals surface area contributed by atoms with Gasteiger partial charge in [-0.2, -0.15) is 0 Å². The number of anilines is 1. The molecule has 0 spiro atoms. The number of para-hydroxylation sites is 1. The molecular weight excluding hydrogens is 392 g/mol. The molecule has 1 aromatic carbocycles. The van der Waals surface area contributed by atoms with Gasteiger partial charge in [0.15, 0.2) is 5.82 Å². The monoisotopic (exact) mass is 424 g/mol. The lowest BCUT2D eigenvalue weighted by Crippen LogP contribution is -2.25. The van der Waals surface area contributed by atoms with E-state index in [0.29, 0.717) is 38.2 Å². The molecule has 0 bridgehead atoms. The van der Waals surface area contributed by atoms with Gasteiger partial charge < -0.3 is 20.9 Å². The first-order valence-corrected chi connectivity index (χ1v) is 11.1. The average Bonchev–Trinajstić information content (AvgIpc) is 3.14. The molecule has 3 aromatic rings. The third-order valence-electron chi connectivity index (χ3n) is 5.38. The number of benzene rings is 1. The molecular formula is C23H32N6O2. The molecule has 0 saturated carbocycles. The van der Waals surface area contributed by atoms with Crippen LogP contribution in [0, 0.1) is 0 Å². The minimum atomic E-state index is 0.0225. The lowest BCUT2D eigenvalue weighted by Gasteiger charge is -2.11. The van der Waals surface area contributed by atoms with Crippen LogP contribution in [0.25, 0.3) is 21.9 Å². The highest BCUT2D eigenvalue weighted by Crippen LogP contribution is 2.29. The van der Waals surface area contributed by atoms with Crippen molar-refractivity contribution in [3.8, 4) is 0 Å². The van der Waals surface area contributed by atoms with E-state index in [4.69, 9.17) is 10.7 Å². The molecule has 2 aromatic heterocycles. The van der Waals surface area contributed by atoms with Crippen molar-refractivity contribution in [2.24, 2.45) is 0 Å². The van der Waals surface area contributed by atoms with Gasteiger partial charge in [-0.3, -0.25) is 9.59 Å². The number of hydrogen-bond acceptors (Lipinski definition) is 5. The molecule has 0 aliphatic carbocycles. The first-order chi connectivity index (χ1) is 15.2. The van der Waals surface area contributed by atoms with E-state index in [-0.39, 0.29) is 5.91 Å². The van der Waals surface area contributed by atoms with Gasteiger partial charge in [-0.05, 0) is 31.7 Å². The number of aromatic nitrogens is 3. The topological polar surface area (TPSA) is 115 Å². The van der Waals surface area contributed by atoms with E-state index in [0.717, 1.165) is 66.4 Å². The lowest BCUT2D eigenvalue weighted by molar-refractivity contribution is -0.121. The van der Waals surface area contributed by atoms with Crippen LogP contribution in [0.2, 0.25) is 0 Å². The van der Waals surface area contributed by atoms with E-state index < -0.39 is 0 Å². The molecule has 166 valence electrons. The van der Waals surface area contributed by atoms with E-state index in [1.165, 1.54) is 0 Å². The molecule has 31 heavy (non-hydrogen) atoms. The summed E-state index contributed by atoms with van der Waals surface area (Å²) in [4.78, 5) is 31.5. The Morgan fingerprint density at radius 3 is 2.77 bits per heavy atom. The van der Waals surface area contributed by atoms with E-state index in [2.05, 4.69) is 33.2 Å². The van der Waals surface area contributed by atoms with Crippen LogP contribution in [0.1, 0.15) is 51.3 Å².